The van der Waals surface area contributed by atoms with Crippen LogP contribution in [-0.2, 0) is 14.8 Å². The first-order chi connectivity index (χ1) is 11.3. The van der Waals surface area contributed by atoms with E-state index >= 15 is 0 Å². The van der Waals surface area contributed by atoms with Crippen LogP contribution in [0.3, 0.4) is 0 Å². The number of halogens is 1. The highest BCUT2D eigenvalue weighted by atomic mass is 32.2. The van der Waals surface area contributed by atoms with Gasteiger partial charge in [0.15, 0.2) is 0 Å². The van der Waals surface area contributed by atoms with E-state index in [2.05, 4.69) is 19.2 Å². The molecule has 0 aliphatic heterocycles. The fourth-order valence-corrected chi connectivity index (χ4v) is 3.25. The zero-order valence-corrected chi connectivity index (χ0v) is 15.4. The molecule has 0 unspecified atom stereocenters. The summed E-state index contributed by atoms with van der Waals surface area (Å²) in [4.78, 5) is 12.1. The molecule has 0 aromatic heterocycles. The summed E-state index contributed by atoms with van der Waals surface area (Å²) >= 11 is 0. The minimum Gasteiger partial charge on any atom is -0.354 e. The summed E-state index contributed by atoms with van der Waals surface area (Å²) in [6.07, 6.45) is 5.26. The molecule has 1 atom stereocenters. The standard InChI is InChI=1S/C17H27FN2O3S/c1-4-6-7-14(5-2)12-19-17(21)13-20(24(3,22)23)16-10-8-15(18)9-11-16/h8-11,14H,4-7,12-13H2,1-3H3,(H,19,21)/t14-/m0/s1. The van der Waals surface area contributed by atoms with Crippen LogP contribution in [0.5, 0.6) is 0 Å². The molecule has 0 spiro atoms. The molecule has 1 aromatic carbocycles. The van der Waals surface area contributed by atoms with Gasteiger partial charge in [0.2, 0.25) is 15.9 Å². The summed E-state index contributed by atoms with van der Waals surface area (Å²) in [5.41, 5.74) is 0.270. The third-order valence-electron chi connectivity index (χ3n) is 3.93. The monoisotopic (exact) mass is 358 g/mol. The number of benzene rings is 1. The van der Waals surface area contributed by atoms with Gasteiger partial charge in [-0.05, 0) is 36.6 Å². The fraction of sp³-hybridized carbons (Fsp3) is 0.588. The normalized spacial score (nSPS) is 12.7. The van der Waals surface area contributed by atoms with Crippen LogP contribution in [-0.4, -0.2) is 33.7 Å². The second-order valence-corrected chi connectivity index (χ2v) is 7.87. The van der Waals surface area contributed by atoms with E-state index in [4.69, 9.17) is 0 Å². The summed E-state index contributed by atoms with van der Waals surface area (Å²) in [7, 11) is -3.63. The molecule has 7 heteroatoms. The first kappa shape index (κ1) is 20.4. The van der Waals surface area contributed by atoms with Crippen LogP contribution < -0.4 is 9.62 Å². The molecule has 0 saturated carbocycles. The van der Waals surface area contributed by atoms with Crippen molar-refractivity contribution in [2.45, 2.75) is 39.5 Å². The minimum absolute atomic E-state index is 0.270. The smallest absolute Gasteiger partial charge is 0.240 e. The second kappa shape index (κ2) is 9.61. The van der Waals surface area contributed by atoms with E-state index in [1.165, 1.54) is 24.3 Å². The van der Waals surface area contributed by atoms with Crippen molar-refractivity contribution < 1.29 is 17.6 Å². The number of nitrogens with one attached hydrogen (secondary N) is 1. The Labute approximate surface area is 144 Å². The van der Waals surface area contributed by atoms with Gasteiger partial charge in [-0.3, -0.25) is 9.10 Å². The molecule has 1 N–H and O–H groups in total. The summed E-state index contributed by atoms with van der Waals surface area (Å²) < 4.78 is 37.9. The molecular weight excluding hydrogens is 331 g/mol. The van der Waals surface area contributed by atoms with Gasteiger partial charge in [0.05, 0.1) is 11.9 Å². The first-order valence-corrected chi connectivity index (χ1v) is 10.1. The number of hydrogen-bond donors (Lipinski definition) is 1. The van der Waals surface area contributed by atoms with E-state index in [-0.39, 0.29) is 18.1 Å². The highest BCUT2D eigenvalue weighted by molar-refractivity contribution is 7.92. The van der Waals surface area contributed by atoms with Gasteiger partial charge in [0, 0.05) is 6.54 Å². The van der Waals surface area contributed by atoms with Gasteiger partial charge in [-0.25, -0.2) is 12.8 Å². The molecule has 0 aliphatic rings. The van der Waals surface area contributed by atoms with E-state index < -0.39 is 15.8 Å². The molecule has 136 valence electrons. The molecule has 1 amide bonds. The van der Waals surface area contributed by atoms with Gasteiger partial charge in [-0.15, -0.1) is 0 Å². The molecule has 1 aromatic rings. The van der Waals surface area contributed by atoms with Crippen LogP contribution >= 0.6 is 0 Å². The molecular formula is C17H27FN2O3S. The highest BCUT2D eigenvalue weighted by Gasteiger charge is 2.21. The van der Waals surface area contributed by atoms with Crippen molar-refractivity contribution in [1.29, 1.82) is 0 Å². The summed E-state index contributed by atoms with van der Waals surface area (Å²) in [5.74, 6) is -0.426. The van der Waals surface area contributed by atoms with Crippen LogP contribution in [0.4, 0.5) is 10.1 Å². The lowest BCUT2D eigenvalue weighted by Crippen LogP contribution is -2.41. The van der Waals surface area contributed by atoms with Crippen molar-refractivity contribution in [1.82, 2.24) is 5.32 Å². The minimum atomic E-state index is -3.63. The van der Waals surface area contributed by atoms with Crippen molar-refractivity contribution in [2.75, 3.05) is 23.7 Å². The highest BCUT2D eigenvalue weighted by Crippen LogP contribution is 2.17. The predicted octanol–water partition coefficient (Wildman–Crippen LogP) is 2.92. The van der Waals surface area contributed by atoms with Gasteiger partial charge in [0.1, 0.15) is 12.4 Å². The van der Waals surface area contributed by atoms with E-state index in [9.17, 15) is 17.6 Å². The SMILES string of the molecule is CCCC[C@H](CC)CNC(=O)CN(c1ccc(F)cc1)S(C)(=O)=O. The van der Waals surface area contributed by atoms with Crippen LogP contribution in [0.2, 0.25) is 0 Å². The maximum atomic E-state index is 13.0. The molecule has 0 saturated heterocycles. The summed E-state index contributed by atoms with van der Waals surface area (Å²) in [6, 6.07) is 5.03. The van der Waals surface area contributed by atoms with E-state index in [0.29, 0.717) is 12.5 Å². The Morgan fingerprint density at radius 1 is 1.25 bits per heavy atom. The Kier molecular flexibility index (Phi) is 8.18. The van der Waals surface area contributed by atoms with Gasteiger partial charge in [0.25, 0.3) is 0 Å². The van der Waals surface area contributed by atoms with Crippen molar-refractivity contribution in [3.05, 3.63) is 30.1 Å². The largest absolute Gasteiger partial charge is 0.354 e. The van der Waals surface area contributed by atoms with Gasteiger partial charge in [-0.1, -0.05) is 33.1 Å². The predicted molar refractivity (Wildman–Crippen MR) is 94.9 cm³/mol. The molecule has 0 heterocycles. The number of hydrogen-bond acceptors (Lipinski definition) is 3. The maximum absolute atomic E-state index is 13.0. The van der Waals surface area contributed by atoms with Crippen LogP contribution in [0.15, 0.2) is 24.3 Å². The molecule has 0 radical (unpaired) electrons. The molecule has 0 fully saturated rings. The lowest BCUT2D eigenvalue weighted by molar-refractivity contribution is -0.119. The van der Waals surface area contributed by atoms with Gasteiger partial charge < -0.3 is 5.32 Å². The lowest BCUT2D eigenvalue weighted by Gasteiger charge is -2.22. The number of carbonyl (C=O) groups is 1. The number of amides is 1. The quantitative estimate of drug-likeness (QED) is 0.699. The Morgan fingerprint density at radius 3 is 2.38 bits per heavy atom. The van der Waals surface area contributed by atoms with E-state index in [1.807, 2.05) is 0 Å². The Morgan fingerprint density at radius 2 is 1.88 bits per heavy atom. The summed E-state index contributed by atoms with van der Waals surface area (Å²) in [5, 5.41) is 2.81. The van der Waals surface area contributed by atoms with Crippen molar-refractivity contribution in [3.63, 3.8) is 0 Å². The van der Waals surface area contributed by atoms with Crippen molar-refractivity contribution >= 4 is 21.6 Å². The van der Waals surface area contributed by atoms with Crippen LogP contribution in [0.1, 0.15) is 39.5 Å². The number of anilines is 1. The number of rotatable bonds is 10. The molecule has 1 rings (SSSR count). The number of sulfonamides is 1. The average Bonchev–Trinajstić information content (AvgIpc) is 2.53. The van der Waals surface area contributed by atoms with Gasteiger partial charge >= 0.3 is 0 Å². The van der Waals surface area contributed by atoms with Gasteiger partial charge in [-0.2, -0.15) is 0 Å². The topological polar surface area (TPSA) is 66.5 Å². The first-order valence-electron chi connectivity index (χ1n) is 8.27. The van der Waals surface area contributed by atoms with Crippen molar-refractivity contribution in [3.8, 4) is 0 Å². The third-order valence-corrected chi connectivity index (χ3v) is 5.07. The Balaban J connectivity index is 2.70. The summed E-state index contributed by atoms with van der Waals surface area (Å²) in [6.45, 7) is 4.43. The molecule has 24 heavy (non-hydrogen) atoms. The zero-order chi connectivity index (χ0) is 18.2. The van der Waals surface area contributed by atoms with E-state index in [0.717, 1.165) is 36.2 Å². The Bertz CT molecular complexity index is 617. The second-order valence-electron chi connectivity index (χ2n) is 5.97. The number of nitrogens with zero attached hydrogens (tertiary/aromatic N) is 1. The number of carbonyl (C=O) groups excluding carboxylic acids is 1. The third kappa shape index (κ3) is 6.86. The fourth-order valence-electron chi connectivity index (χ4n) is 2.40. The zero-order valence-electron chi connectivity index (χ0n) is 14.6. The molecule has 0 aliphatic carbocycles. The van der Waals surface area contributed by atoms with Crippen molar-refractivity contribution in [2.24, 2.45) is 5.92 Å². The Hall–Kier alpha value is -1.63. The average molecular weight is 358 g/mol. The number of unbranched alkanes of at least 4 members (excludes halogenated alkanes) is 1. The molecule has 0 bridgehead atoms. The van der Waals surface area contributed by atoms with Crippen LogP contribution in [0, 0.1) is 11.7 Å². The van der Waals surface area contributed by atoms with E-state index in [1.54, 1.807) is 0 Å². The lowest BCUT2D eigenvalue weighted by atomic mass is 9.99. The maximum Gasteiger partial charge on any atom is 0.240 e. The van der Waals surface area contributed by atoms with Crippen LogP contribution in [0.25, 0.3) is 0 Å². The molecule has 5 nitrogen and oxygen atoms in total.